The lowest BCUT2D eigenvalue weighted by molar-refractivity contribution is 0.545. The number of hydrogen-bond donors (Lipinski definition) is 0. The van der Waals surface area contributed by atoms with Gasteiger partial charge in [0.15, 0.2) is 0 Å². The highest BCUT2D eigenvalue weighted by molar-refractivity contribution is 9.09. The zero-order valence-electron chi connectivity index (χ0n) is 10.7. The molecule has 0 radical (unpaired) electrons. The average molecular weight is 325 g/mol. The largest absolute Gasteiger partial charge is 0.207 e. The lowest BCUT2D eigenvalue weighted by Crippen LogP contribution is -2.08. The van der Waals surface area contributed by atoms with Crippen LogP contribution in [0.5, 0.6) is 0 Å². The van der Waals surface area contributed by atoms with E-state index >= 15 is 0 Å². The summed E-state index contributed by atoms with van der Waals surface area (Å²) in [5.74, 6) is -0.886. The minimum Gasteiger partial charge on any atom is -0.207 e. The molecule has 2 rings (SSSR count). The van der Waals surface area contributed by atoms with E-state index < -0.39 is 11.6 Å². The number of rotatable bonds is 4. The Labute approximate surface area is 120 Å². The molecule has 0 spiro atoms. The van der Waals surface area contributed by atoms with Crippen LogP contribution >= 0.6 is 15.9 Å². The molecule has 2 aromatic rings. The van der Waals surface area contributed by atoms with Crippen LogP contribution in [0.1, 0.15) is 22.6 Å². The van der Waals surface area contributed by atoms with Crippen molar-refractivity contribution in [3.63, 3.8) is 0 Å². The molecule has 0 saturated carbocycles. The molecule has 0 nitrogen and oxygen atoms in total. The predicted octanol–water partition coefficient (Wildman–Crippen LogP) is 4.99. The maximum Gasteiger partial charge on any atom is 0.129 e. The monoisotopic (exact) mass is 324 g/mol. The van der Waals surface area contributed by atoms with Crippen molar-refractivity contribution in [2.75, 3.05) is 5.33 Å². The molecule has 2 aromatic carbocycles. The standard InChI is InChI=1S/C16H15BrF2/c1-11-4-2-5-12(8-11)13(10-17)9-14-15(18)6-3-7-16(14)19/h2-8,13H,9-10H2,1H3. The summed E-state index contributed by atoms with van der Waals surface area (Å²) in [5, 5.41) is 0.671. The first-order valence-corrected chi connectivity index (χ1v) is 7.29. The summed E-state index contributed by atoms with van der Waals surface area (Å²) in [6.07, 6.45) is 0.354. The van der Waals surface area contributed by atoms with Crippen molar-refractivity contribution >= 4 is 15.9 Å². The minimum atomic E-state index is -0.474. The van der Waals surface area contributed by atoms with Crippen molar-refractivity contribution in [1.82, 2.24) is 0 Å². The molecule has 0 aromatic heterocycles. The Hall–Kier alpha value is -1.22. The Morgan fingerprint density at radius 2 is 1.68 bits per heavy atom. The van der Waals surface area contributed by atoms with Crippen LogP contribution in [0.25, 0.3) is 0 Å². The SMILES string of the molecule is Cc1cccc(C(CBr)Cc2c(F)cccc2F)c1. The number of hydrogen-bond acceptors (Lipinski definition) is 0. The van der Waals surface area contributed by atoms with Crippen LogP contribution in [-0.2, 0) is 6.42 Å². The second-order valence-electron chi connectivity index (χ2n) is 4.67. The average Bonchev–Trinajstić information content (AvgIpc) is 2.38. The molecule has 0 N–H and O–H groups in total. The Morgan fingerprint density at radius 3 is 2.26 bits per heavy atom. The lowest BCUT2D eigenvalue weighted by Gasteiger charge is -2.16. The van der Waals surface area contributed by atoms with Gasteiger partial charge in [-0.2, -0.15) is 0 Å². The molecule has 0 fully saturated rings. The molecule has 0 saturated heterocycles. The Morgan fingerprint density at radius 1 is 1.05 bits per heavy atom. The Kier molecular flexibility index (Phi) is 4.70. The highest BCUT2D eigenvalue weighted by atomic mass is 79.9. The first-order chi connectivity index (χ1) is 9.11. The molecule has 1 atom stereocenters. The van der Waals surface area contributed by atoms with Crippen LogP contribution in [0.3, 0.4) is 0 Å². The van der Waals surface area contributed by atoms with Crippen molar-refractivity contribution in [2.45, 2.75) is 19.3 Å². The molecule has 0 heterocycles. The van der Waals surface area contributed by atoms with Crippen molar-refractivity contribution in [3.8, 4) is 0 Å². The van der Waals surface area contributed by atoms with Gasteiger partial charge in [0, 0.05) is 10.9 Å². The maximum absolute atomic E-state index is 13.7. The molecular weight excluding hydrogens is 310 g/mol. The zero-order chi connectivity index (χ0) is 13.8. The summed E-state index contributed by atoms with van der Waals surface area (Å²) in [6.45, 7) is 2.01. The number of halogens is 3. The summed E-state index contributed by atoms with van der Waals surface area (Å²) in [6, 6.07) is 12.0. The first-order valence-electron chi connectivity index (χ1n) is 6.17. The Balaban J connectivity index is 2.29. The molecule has 3 heteroatoms. The molecule has 0 bridgehead atoms. The summed E-state index contributed by atoms with van der Waals surface area (Å²) < 4.78 is 27.4. The molecule has 0 amide bonds. The predicted molar refractivity (Wildman–Crippen MR) is 77.8 cm³/mol. The fourth-order valence-corrected chi connectivity index (χ4v) is 2.76. The number of benzene rings is 2. The minimum absolute atomic E-state index is 0.0614. The van der Waals surface area contributed by atoms with Crippen LogP contribution in [0.2, 0.25) is 0 Å². The second-order valence-corrected chi connectivity index (χ2v) is 5.32. The van der Waals surface area contributed by atoms with Crippen LogP contribution in [-0.4, -0.2) is 5.33 Å². The highest BCUT2D eigenvalue weighted by Crippen LogP contribution is 2.26. The van der Waals surface area contributed by atoms with Gasteiger partial charge in [-0.3, -0.25) is 0 Å². The van der Waals surface area contributed by atoms with Gasteiger partial charge in [-0.05, 0) is 37.0 Å². The third kappa shape index (κ3) is 3.41. The van der Waals surface area contributed by atoms with E-state index in [9.17, 15) is 8.78 Å². The van der Waals surface area contributed by atoms with E-state index in [0.29, 0.717) is 11.8 Å². The van der Waals surface area contributed by atoms with Crippen molar-refractivity contribution in [2.24, 2.45) is 0 Å². The van der Waals surface area contributed by atoms with Gasteiger partial charge in [-0.1, -0.05) is 51.8 Å². The quantitative estimate of drug-likeness (QED) is 0.695. The van der Waals surface area contributed by atoms with Gasteiger partial charge in [-0.25, -0.2) is 8.78 Å². The van der Waals surface area contributed by atoms with Crippen LogP contribution in [0, 0.1) is 18.6 Å². The molecule has 19 heavy (non-hydrogen) atoms. The van der Waals surface area contributed by atoms with E-state index in [2.05, 4.69) is 22.0 Å². The molecule has 100 valence electrons. The van der Waals surface area contributed by atoms with Gasteiger partial charge in [0.2, 0.25) is 0 Å². The van der Waals surface area contributed by atoms with E-state index in [1.165, 1.54) is 18.2 Å². The van der Waals surface area contributed by atoms with E-state index in [4.69, 9.17) is 0 Å². The van der Waals surface area contributed by atoms with Gasteiger partial charge in [0.1, 0.15) is 11.6 Å². The summed E-state index contributed by atoms with van der Waals surface area (Å²) >= 11 is 3.44. The number of aryl methyl sites for hydroxylation is 1. The lowest BCUT2D eigenvalue weighted by atomic mass is 9.92. The number of alkyl halides is 1. The first kappa shape index (κ1) is 14.2. The van der Waals surface area contributed by atoms with E-state index in [-0.39, 0.29) is 11.5 Å². The molecule has 0 aliphatic heterocycles. The van der Waals surface area contributed by atoms with Gasteiger partial charge in [0.05, 0.1) is 0 Å². The third-order valence-corrected chi connectivity index (χ3v) is 3.99. The summed E-state index contributed by atoms with van der Waals surface area (Å²) in [4.78, 5) is 0. The third-order valence-electron chi connectivity index (χ3n) is 3.21. The fraction of sp³-hybridized carbons (Fsp3) is 0.250. The van der Waals surface area contributed by atoms with Crippen molar-refractivity contribution in [3.05, 3.63) is 70.8 Å². The smallest absolute Gasteiger partial charge is 0.129 e. The topological polar surface area (TPSA) is 0 Å². The van der Waals surface area contributed by atoms with E-state index in [0.717, 1.165) is 11.1 Å². The summed E-state index contributed by atoms with van der Waals surface area (Å²) in [5.41, 5.74) is 2.41. The van der Waals surface area contributed by atoms with Gasteiger partial charge in [-0.15, -0.1) is 0 Å². The van der Waals surface area contributed by atoms with E-state index in [1.54, 1.807) is 0 Å². The van der Waals surface area contributed by atoms with Gasteiger partial charge in [0.25, 0.3) is 0 Å². The second kappa shape index (κ2) is 6.29. The van der Waals surface area contributed by atoms with Crippen LogP contribution in [0.15, 0.2) is 42.5 Å². The zero-order valence-corrected chi connectivity index (χ0v) is 12.3. The fourth-order valence-electron chi connectivity index (χ4n) is 2.16. The van der Waals surface area contributed by atoms with Crippen LogP contribution in [0.4, 0.5) is 8.78 Å². The van der Waals surface area contributed by atoms with Crippen molar-refractivity contribution < 1.29 is 8.78 Å². The molecule has 0 aliphatic carbocycles. The molecule has 0 aliphatic rings. The van der Waals surface area contributed by atoms with E-state index in [1.807, 2.05) is 25.1 Å². The summed E-state index contributed by atoms with van der Waals surface area (Å²) in [7, 11) is 0. The molecular formula is C16H15BrF2. The molecule has 1 unspecified atom stereocenters. The van der Waals surface area contributed by atoms with Crippen LogP contribution < -0.4 is 0 Å². The van der Waals surface area contributed by atoms with Crippen molar-refractivity contribution in [1.29, 1.82) is 0 Å². The maximum atomic E-state index is 13.7. The van der Waals surface area contributed by atoms with Gasteiger partial charge >= 0.3 is 0 Å². The van der Waals surface area contributed by atoms with Gasteiger partial charge < -0.3 is 0 Å². The Bertz CT molecular complexity index is 546. The highest BCUT2D eigenvalue weighted by Gasteiger charge is 2.16. The normalized spacial score (nSPS) is 12.4.